The smallest absolute Gasteiger partial charge is 0.237 e. The number of fused-ring (bicyclic) bond motifs is 1. The molecular weight excluding hydrogens is 340 g/mol. The van der Waals surface area contributed by atoms with Crippen LogP contribution in [-0.4, -0.2) is 10.9 Å². The molecule has 3 aromatic carbocycles. The fourth-order valence-corrected chi connectivity index (χ4v) is 3.95. The predicted molar refractivity (Wildman–Crippen MR) is 108 cm³/mol. The summed E-state index contributed by atoms with van der Waals surface area (Å²) in [6.45, 7) is 2.03. The number of benzene rings is 3. The molecule has 1 aromatic heterocycles. The number of aromatic nitrogens is 1. The molecule has 4 aromatic rings. The Balaban J connectivity index is 1.76. The summed E-state index contributed by atoms with van der Waals surface area (Å²) in [5.74, 6) is 0.0181. The van der Waals surface area contributed by atoms with E-state index >= 15 is 0 Å². The second kappa shape index (κ2) is 7.10. The van der Waals surface area contributed by atoms with Gasteiger partial charge in [0, 0.05) is 0 Å². The number of nitrogens with zero attached hydrogens (tertiary/aromatic N) is 2. The Labute approximate surface area is 156 Å². The lowest BCUT2D eigenvalue weighted by molar-refractivity contribution is -0.117. The first-order chi connectivity index (χ1) is 12.7. The van der Waals surface area contributed by atoms with Gasteiger partial charge in [0.15, 0.2) is 5.13 Å². The van der Waals surface area contributed by atoms with E-state index in [-0.39, 0.29) is 5.91 Å². The van der Waals surface area contributed by atoms with Crippen LogP contribution >= 0.6 is 11.3 Å². The topological polar surface area (TPSA) is 33.2 Å². The number of hydrogen-bond donors (Lipinski definition) is 0. The van der Waals surface area contributed by atoms with Crippen molar-refractivity contribution in [3.05, 3.63) is 90.0 Å². The normalized spacial score (nSPS) is 10.8. The van der Waals surface area contributed by atoms with Crippen molar-refractivity contribution in [3.63, 3.8) is 0 Å². The molecule has 0 aliphatic heterocycles. The van der Waals surface area contributed by atoms with Gasteiger partial charge < -0.3 is 0 Å². The molecule has 4 heteroatoms. The fraction of sp³-hybridized carbons (Fsp3) is 0.0909. The Kier molecular flexibility index (Phi) is 4.50. The van der Waals surface area contributed by atoms with Gasteiger partial charge in [0.2, 0.25) is 5.91 Å². The van der Waals surface area contributed by atoms with Gasteiger partial charge in [0.1, 0.15) is 0 Å². The van der Waals surface area contributed by atoms with Gasteiger partial charge in [-0.2, -0.15) is 0 Å². The van der Waals surface area contributed by atoms with Gasteiger partial charge in [-0.3, -0.25) is 9.69 Å². The summed E-state index contributed by atoms with van der Waals surface area (Å²) < 4.78 is 1.08. The van der Waals surface area contributed by atoms with Crippen molar-refractivity contribution in [2.24, 2.45) is 0 Å². The molecule has 0 aliphatic rings. The molecule has 0 fully saturated rings. The number of amides is 1. The van der Waals surface area contributed by atoms with E-state index in [2.05, 4.69) is 0 Å². The number of rotatable bonds is 4. The maximum atomic E-state index is 13.2. The lowest BCUT2D eigenvalue weighted by Gasteiger charge is -2.20. The summed E-state index contributed by atoms with van der Waals surface area (Å²) in [6, 6.07) is 25.7. The molecule has 0 bridgehead atoms. The van der Waals surface area contributed by atoms with E-state index in [1.807, 2.05) is 85.8 Å². The highest BCUT2D eigenvalue weighted by molar-refractivity contribution is 7.22. The first-order valence-corrected chi connectivity index (χ1v) is 9.32. The number of hydrogen-bond acceptors (Lipinski definition) is 3. The second-order valence-electron chi connectivity index (χ2n) is 6.13. The molecule has 0 aliphatic carbocycles. The van der Waals surface area contributed by atoms with Gasteiger partial charge in [-0.1, -0.05) is 65.9 Å². The molecule has 3 nitrogen and oxygen atoms in total. The number of para-hydroxylation sites is 2. The van der Waals surface area contributed by atoms with Crippen molar-refractivity contribution in [2.45, 2.75) is 13.3 Å². The summed E-state index contributed by atoms with van der Waals surface area (Å²) in [6.07, 6.45) is 0.345. The first kappa shape index (κ1) is 16.5. The first-order valence-electron chi connectivity index (χ1n) is 8.50. The molecule has 4 rings (SSSR count). The third-order valence-corrected chi connectivity index (χ3v) is 5.36. The van der Waals surface area contributed by atoms with E-state index < -0.39 is 0 Å². The zero-order chi connectivity index (χ0) is 17.9. The Morgan fingerprint density at radius 3 is 2.38 bits per heavy atom. The SMILES string of the molecule is Cc1ccccc1CC(=O)N(c1ccccc1)c1nc2ccccc2s1. The third kappa shape index (κ3) is 3.24. The number of carbonyl (C=O) groups is 1. The number of anilines is 2. The zero-order valence-electron chi connectivity index (χ0n) is 14.4. The molecule has 1 heterocycles. The van der Waals surface area contributed by atoms with Crippen molar-refractivity contribution < 1.29 is 4.79 Å². The Morgan fingerprint density at radius 2 is 1.62 bits per heavy atom. The van der Waals surface area contributed by atoms with Crippen molar-refractivity contribution in [1.82, 2.24) is 4.98 Å². The van der Waals surface area contributed by atoms with Gasteiger partial charge in [0.05, 0.1) is 22.3 Å². The molecular formula is C22H18N2OS. The number of carbonyl (C=O) groups excluding carboxylic acids is 1. The highest BCUT2D eigenvalue weighted by Gasteiger charge is 2.22. The zero-order valence-corrected chi connectivity index (χ0v) is 15.2. The van der Waals surface area contributed by atoms with Crippen molar-refractivity contribution in [3.8, 4) is 0 Å². The van der Waals surface area contributed by atoms with Crippen LogP contribution in [0, 0.1) is 6.92 Å². The molecule has 128 valence electrons. The van der Waals surface area contributed by atoms with E-state index in [0.717, 1.165) is 27.0 Å². The van der Waals surface area contributed by atoms with E-state index in [0.29, 0.717) is 11.6 Å². The second-order valence-corrected chi connectivity index (χ2v) is 7.14. The van der Waals surface area contributed by atoms with Crippen LogP contribution in [0.4, 0.5) is 10.8 Å². The Bertz CT molecular complexity index is 1020. The lowest BCUT2D eigenvalue weighted by Crippen LogP contribution is -2.27. The number of thiazole rings is 1. The van der Waals surface area contributed by atoms with Gasteiger partial charge in [-0.05, 0) is 42.3 Å². The van der Waals surface area contributed by atoms with Gasteiger partial charge in [0.25, 0.3) is 0 Å². The maximum Gasteiger partial charge on any atom is 0.237 e. The van der Waals surface area contributed by atoms with Crippen LogP contribution < -0.4 is 4.90 Å². The minimum Gasteiger partial charge on any atom is -0.274 e. The van der Waals surface area contributed by atoms with E-state index in [9.17, 15) is 4.79 Å². The standard InChI is InChI=1S/C22H18N2OS/c1-16-9-5-6-10-17(16)15-21(25)24(18-11-3-2-4-12-18)22-23-19-13-7-8-14-20(19)26-22/h2-14H,15H2,1H3. The average Bonchev–Trinajstić information content (AvgIpc) is 3.08. The fourth-order valence-electron chi connectivity index (χ4n) is 2.94. The molecule has 1 amide bonds. The van der Waals surface area contributed by atoms with Crippen LogP contribution in [0.1, 0.15) is 11.1 Å². The van der Waals surface area contributed by atoms with E-state index in [1.54, 1.807) is 4.90 Å². The monoisotopic (exact) mass is 358 g/mol. The third-order valence-electron chi connectivity index (χ3n) is 4.34. The summed E-state index contributed by atoms with van der Waals surface area (Å²) in [5.41, 5.74) is 3.92. The van der Waals surface area contributed by atoms with Crippen molar-refractivity contribution in [1.29, 1.82) is 0 Å². The molecule has 0 radical (unpaired) electrons. The molecule has 0 N–H and O–H groups in total. The summed E-state index contributed by atoms with van der Waals surface area (Å²) in [4.78, 5) is 19.7. The maximum absolute atomic E-state index is 13.2. The van der Waals surface area contributed by atoms with E-state index in [1.165, 1.54) is 11.3 Å². The van der Waals surface area contributed by atoms with Crippen LogP contribution in [0.3, 0.4) is 0 Å². The molecule has 0 saturated heterocycles. The highest BCUT2D eigenvalue weighted by Crippen LogP contribution is 2.33. The highest BCUT2D eigenvalue weighted by atomic mass is 32.1. The molecule has 26 heavy (non-hydrogen) atoms. The summed E-state index contributed by atoms with van der Waals surface area (Å²) >= 11 is 1.54. The average molecular weight is 358 g/mol. The quantitative estimate of drug-likeness (QED) is 0.482. The molecule has 0 saturated carbocycles. The van der Waals surface area contributed by atoms with Crippen molar-refractivity contribution in [2.75, 3.05) is 4.90 Å². The predicted octanol–water partition coefficient (Wildman–Crippen LogP) is 5.51. The summed E-state index contributed by atoms with van der Waals surface area (Å²) in [5, 5.41) is 0.705. The minimum atomic E-state index is 0.0181. The Morgan fingerprint density at radius 1 is 0.923 bits per heavy atom. The molecule has 0 unspecified atom stereocenters. The lowest BCUT2D eigenvalue weighted by atomic mass is 10.1. The minimum absolute atomic E-state index is 0.0181. The van der Waals surface area contributed by atoms with Crippen molar-refractivity contribution >= 4 is 38.3 Å². The van der Waals surface area contributed by atoms with Crippen LogP contribution in [0.15, 0.2) is 78.9 Å². The van der Waals surface area contributed by atoms with Gasteiger partial charge in [-0.25, -0.2) is 4.98 Å². The van der Waals surface area contributed by atoms with Crippen LogP contribution in [0.25, 0.3) is 10.2 Å². The van der Waals surface area contributed by atoms with Crippen LogP contribution in [-0.2, 0) is 11.2 Å². The van der Waals surface area contributed by atoms with Crippen LogP contribution in [0.5, 0.6) is 0 Å². The van der Waals surface area contributed by atoms with Crippen LogP contribution in [0.2, 0.25) is 0 Å². The summed E-state index contributed by atoms with van der Waals surface area (Å²) in [7, 11) is 0. The number of aryl methyl sites for hydroxylation is 1. The largest absolute Gasteiger partial charge is 0.274 e. The van der Waals surface area contributed by atoms with Gasteiger partial charge in [-0.15, -0.1) is 0 Å². The Hall–Kier alpha value is -2.98. The molecule has 0 atom stereocenters. The van der Waals surface area contributed by atoms with E-state index in [4.69, 9.17) is 4.98 Å². The molecule has 0 spiro atoms. The van der Waals surface area contributed by atoms with Gasteiger partial charge >= 0.3 is 0 Å².